The number of fused-ring (bicyclic) bond motifs is 1. The molecule has 1 aliphatic heterocycles. The van der Waals surface area contributed by atoms with Gasteiger partial charge in [-0.25, -0.2) is 14.8 Å². The zero-order valence-electron chi connectivity index (χ0n) is 15.9. The van der Waals surface area contributed by atoms with Crippen molar-refractivity contribution in [2.75, 3.05) is 18.9 Å². The smallest absolute Gasteiger partial charge is 0.320 e. The molecule has 1 aliphatic rings. The second kappa shape index (κ2) is 8.90. The van der Waals surface area contributed by atoms with Gasteiger partial charge < -0.3 is 10.3 Å². The van der Waals surface area contributed by atoms with Crippen LogP contribution in [0.1, 0.15) is 30.3 Å². The number of likely N-dealkylation sites (tertiary alicyclic amines) is 1. The van der Waals surface area contributed by atoms with Gasteiger partial charge >= 0.3 is 6.03 Å². The Morgan fingerprint density at radius 1 is 1.31 bits per heavy atom. The summed E-state index contributed by atoms with van der Waals surface area (Å²) >= 11 is 0. The third-order valence-corrected chi connectivity index (χ3v) is 5.06. The van der Waals surface area contributed by atoms with E-state index < -0.39 is 0 Å². The van der Waals surface area contributed by atoms with Crippen LogP contribution in [0.25, 0.3) is 11.0 Å². The summed E-state index contributed by atoms with van der Waals surface area (Å²) in [5.74, 6) is 1.34. The second-order valence-electron chi connectivity index (χ2n) is 7.00. The van der Waals surface area contributed by atoms with Crippen LogP contribution in [0.5, 0.6) is 0 Å². The van der Waals surface area contributed by atoms with Crippen molar-refractivity contribution >= 4 is 35.3 Å². The molecule has 2 amide bonds. The Labute approximate surface area is 174 Å². The van der Waals surface area contributed by atoms with Gasteiger partial charge in [0.1, 0.15) is 17.7 Å². The Bertz CT molecular complexity index is 994. The molecule has 1 aromatic carbocycles. The summed E-state index contributed by atoms with van der Waals surface area (Å²) in [6.07, 6.45) is 3.06. The van der Waals surface area contributed by atoms with Gasteiger partial charge in [0.25, 0.3) is 0 Å². The molecule has 8 nitrogen and oxygen atoms in total. The first-order valence-electron chi connectivity index (χ1n) is 9.21. The van der Waals surface area contributed by atoms with Crippen molar-refractivity contribution in [2.45, 2.75) is 24.9 Å². The lowest BCUT2D eigenvalue weighted by Crippen LogP contribution is -2.46. The average molecular weight is 412 g/mol. The number of rotatable bonds is 3. The van der Waals surface area contributed by atoms with Crippen LogP contribution in [0.2, 0.25) is 0 Å². The van der Waals surface area contributed by atoms with E-state index in [1.807, 2.05) is 30.3 Å². The fraction of sp³-hybridized carbons (Fsp3) is 0.300. The van der Waals surface area contributed by atoms with Crippen LogP contribution in [0.3, 0.4) is 0 Å². The number of aromatic amines is 1. The lowest BCUT2D eigenvalue weighted by Gasteiger charge is -2.36. The minimum atomic E-state index is -0.296. The van der Waals surface area contributed by atoms with Crippen LogP contribution in [0, 0.1) is 11.3 Å². The lowest BCUT2D eigenvalue weighted by atomic mass is 9.97. The Morgan fingerprint density at radius 2 is 2.14 bits per heavy atom. The standard InChI is InChI=1S/C20H21N7O.ClH/c1-27-9-8-14(23-20(28)26-18-7-6-13(11-21)12-22-18)10-17(27)19-24-15-4-2-3-5-16(15)25-19;/h2-7,12,14,17H,8-10H2,1H3,(H,24,25)(H2,22,23,26,28);1H/t14-,17-;/m1./s1. The summed E-state index contributed by atoms with van der Waals surface area (Å²) in [5, 5.41) is 14.6. The van der Waals surface area contributed by atoms with Crippen molar-refractivity contribution in [3.63, 3.8) is 0 Å². The highest BCUT2D eigenvalue weighted by atomic mass is 35.5. The summed E-state index contributed by atoms with van der Waals surface area (Å²) in [4.78, 5) is 26.8. The molecule has 1 saturated heterocycles. The molecule has 9 heteroatoms. The highest BCUT2D eigenvalue weighted by molar-refractivity contribution is 5.88. The van der Waals surface area contributed by atoms with Crippen molar-refractivity contribution in [1.82, 2.24) is 25.2 Å². The molecule has 29 heavy (non-hydrogen) atoms. The maximum atomic E-state index is 12.3. The fourth-order valence-electron chi connectivity index (χ4n) is 3.54. The molecular formula is C20H22ClN7O. The highest BCUT2D eigenvalue weighted by Crippen LogP contribution is 2.29. The SMILES string of the molecule is CN1CC[C@@H](NC(=O)Nc2ccc(C#N)cn2)C[C@@H]1c1nc2ccccc2[nH]1.Cl. The van der Waals surface area contributed by atoms with Gasteiger partial charge in [0.05, 0.1) is 22.6 Å². The van der Waals surface area contributed by atoms with Crippen LogP contribution in [0.15, 0.2) is 42.6 Å². The number of nitriles is 1. The van der Waals surface area contributed by atoms with E-state index >= 15 is 0 Å². The van der Waals surface area contributed by atoms with Crippen molar-refractivity contribution in [3.05, 3.63) is 54.0 Å². The minimum absolute atomic E-state index is 0. The summed E-state index contributed by atoms with van der Waals surface area (Å²) in [5.41, 5.74) is 2.42. The fourth-order valence-corrected chi connectivity index (χ4v) is 3.54. The molecule has 2 atom stereocenters. The van der Waals surface area contributed by atoms with Crippen LogP contribution >= 0.6 is 12.4 Å². The first-order chi connectivity index (χ1) is 13.6. The number of amides is 2. The number of H-pyrrole nitrogens is 1. The van der Waals surface area contributed by atoms with Crippen molar-refractivity contribution in [1.29, 1.82) is 5.26 Å². The van der Waals surface area contributed by atoms with E-state index in [9.17, 15) is 4.79 Å². The maximum Gasteiger partial charge on any atom is 0.320 e. The number of urea groups is 1. The number of pyridine rings is 1. The van der Waals surface area contributed by atoms with Crippen molar-refractivity contribution in [3.8, 4) is 6.07 Å². The molecule has 0 radical (unpaired) electrons. The van der Waals surface area contributed by atoms with E-state index in [-0.39, 0.29) is 30.5 Å². The quantitative estimate of drug-likeness (QED) is 0.613. The van der Waals surface area contributed by atoms with Crippen LogP contribution in [0.4, 0.5) is 10.6 Å². The number of imidazole rings is 1. The van der Waals surface area contributed by atoms with E-state index in [1.54, 1.807) is 12.1 Å². The van der Waals surface area contributed by atoms with Gasteiger partial charge in [-0.15, -0.1) is 12.4 Å². The van der Waals surface area contributed by atoms with E-state index in [4.69, 9.17) is 10.2 Å². The number of carbonyl (C=O) groups excluding carboxylic acids is 1. The summed E-state index contributed by atoms with van der Waals surface area (Å²) < 4.78 is 0. The van der Waals surface area contributed by atoms with E-state index in [2.05, 4.69) is 32.5 Å². The number of piperidine rings is 1. The molecule has 0 aliphatic carbocycles. The van der Waals surface area contributed by atoms with E-state index in [1.165, 1.54) is 6.20 Å². The number of hydrogen-bond acceptors (Lipinski definition) is 5. The Morgan fingerprint density at radius 3 is 2.86 bits per heavy atom. The number of hydrogen-bond donors (Lipinski definition) is 3. The molecule has 2 aromatic heterocycles. The third kappa shape index (κ3) is 4.65. The summed E-state index contributed by atoms with van der Waals surface area (Å²) in [6.45, 7) is 0.863. The average Bonchev–Trinajstić information content (AvgIpc) is 3.14. The molecule has 0 saturated carbocycles. The van der Waals surface area contributed by atoms with Crippen LogP contribution in [-0.2, 0) is 0 Å². The molecular weight excluding hydrogens is 390 g/mol. The number of aromatic nitrogens is 3. The molecule has 0 spiro atoms. The van der Waals surface area contributed by atoms with Gasteiger partial charge in [0.2, 0.25) is 0 Å². The number of nitrogens with zero attached hydrogens (tertiary/aromatic N) is 4. The normalized spacial score (nSPS) is 19.2. The number of nitrogens with one attached hydrogen (secondary N) is 3. The van der Waals surface area contributed by atoms with Gasteiger partial charge in [0.15, 0.2) is 0 Å². The third-order valence-electron chi connectivity index (χ3n) is 5.06. The lowest BCUT2D eigenvalue weighted by molar-refractivity contribution is 0.153. The molecule has 1 fully saturated rings. The molecule has 0 unspecified atom stereocenters. The van der Waals surface area contributed by atoms with Crippen molar-refractivity contribution in [2.24, 2.45) is 0 Å². The predicted octanol–water partition coefficient (Wildman–Crippen LogP) is 3.21. The van der Waals surface area contributed by atoms with Crippen molar-refractivity contribution < 1.29 is 4.79 Å². The Hall–Kier alpha value is -3.15. The highest BCUT2D eigenvalue weighted by Gasteiger charge is 2.30. The molecule has 3 aromatic rings. The minimum Gasteiger partial charge on any atom is -0.341 e. The van der Waals surface area contributed by atoms with Gasteiger partial charge in [0, 0.05) is 18.8 Å². The molecule has 3 N–H and O–H groups in total. The van der Waals surface area contributed by atoms with Gasteiger partial charge in [-0.05, 0) is 44.2 Å². The van der Waals surface area contributed by atoms with E-state index in [0.29, 0.717) is 11.4 Å². The van der Waals surface area contributed by atoms with E-state index in [0.717, 1.165) is 36.2 Å². The predicted molar refractivity (Wildman–Crippen MR) is 113 cm³/mol. The molecule has 3 heterocycles. The van der Waals surface area contributed by atoms with Crippen LogP contribution < -0.4 is 10.6 Å². The molecule has 0 bridgehead atoms. The van der Waals surface area contributed by atoms with Gasteiger partial charge in [-0.2, -0.15) is 5.26 Å². The maximum absolute atomic E-state index is 12.3. The Balaban J connectivity index is 0.00000240. The monoisotopic (exact) mass is 411 g/mol. The summed E-state index contributed by atoms with van der Waals surface area (Å²) in [7, 11) is 2.08. The largest absolute Gasteiger partial charge is 0.341 e. The number of benzene rings is 1. The van der Waals surface area contributed by atoms with Gasteiger partial charge in [-0.1, -0.05) is 12.1 Å². The first-order valence-corrected chi connectivity index (χ1v) is 9.21. The number of halogens is 1. The number of carbonyl (C=O) groups is 1. The number of anilines is 1. The molecule has 150 valence electrons. The molecule has 4 rings (SSSR count). The second-order valence-corrected chi connectivity index (χ2v) is 7.00. The zero-order valence-corrected chi connectivity index (χ0v) is 16.7. The first kappa shape index (κ1) is 20.6. The van der Waals surface area contributed by atoms with Crippen LogP contribution in [-0.4, -0.2) is 45.5 Å². The number of para-hydroxylation sites is 2. The Kier molecular flexibility index (Phi) is 6.32. The van der Waals surface area contributed by atoms with Gasteiger partial charge in [-0.3, -0.25) is 10.2 Å². The summed E-state index contributed by atoms with van der Waals surface area (Å²) in [6, 6.07) is 13.1. The topological polar surface area (TPSA) is 110 Å². The zero-order chi connectivity index (χ0) is 19.5.